The number of amides is 1. The molecule has 0 aromatic heterocycles. The van der Waals surface area contributed by atoms with E-state index in [9.17, 15) is 14.0 Å². The van der Waals surface area contributed by atoms with Gasteiger partial charge in [-0.15, -0.1) is 0 Å². The lowest BCUT2D eigenvalue weighted by molar-refractivity contribution is -0.137. The molecule has 1 rings (SSSR count). The number of halogens is 1. The molecule has 0 N–H and O–H groups in total. The monoisotopic (exact) mass is 287 g/mol. The molecule has 5 nitrogen and oxygen atoms in total. The van der Waals surface area contributed by atoms with E-state index in [1.165, 1.54) is 4.90 Å². The molecule has 1 unspecified atom stereocenters. The van der Waals surface area contributed by atoms with Crippen molar-refractivity contribution in [1.29, 1.82) is 0 Å². The summed E-state index contributed by atoms with van der Waals surface area (Å²) in [7, 11) is 0. The van der Waals surface area contributed by atoms with Crippen molar-refractivity contribution in [2.45, 2.75) is 45.9 Å². The van der Waals surface area contributed by atoms with Gasteiger partial charge < -0.3 is 14.4 Å². The molecule has 0 aromatic rings. The Kier molecular flexibility index (Phi) is 5.53. The summed E-state index contributed by atoms with van der Waals surface area (Å²) < 4.78 is 23.8. The fourth-order valence-electron chi connectivity index (χ4n) is 1.81. The zero-order valence-electron chi connectivity index (χ0n) is 12.4. The lowest BCUT2D eigenvalue weighted by Crippen LogP contribution is -2.43. The average molecular weight is 287 g/mol. The van der Waals surface area contributed by atoms with Gasteiger partial charge in [-0.25, -0.2) is 14.0 Å². The van der Waals surface area contributed by atoms with Crippen molar-refractivity contribution in [3.8, 4) is 0 Å². The highest BCUT2D eigenvalue weighted by Crippen LogP contribution is 2.21. The Bertz CT molecular complexity index is 400. The van der Waals surface area contributed by atoms with Gasteiger partial charge in [0.25, 0.3) is 0 Å². The lowest BCUT2D eigenvalue weighted by atomic mass is 10.0. The number of alkyl halides is 1. The first-order valence-electron chi connectivity index (χ1n) is 6.72. The molecule has 0 saturated carbocycles. The largest absolute Gasteiger partial charge is 0.463 e. The molecule has 0 aromatic carbocycles. The molecule has 1 saturated heterocycles. The Balaban J connectivity index is 2.70. The summed E-state index contributed by atoms with van der Waals surface area (Å²) in [6.45, 7) is 7.53. The van der Waals surface area contributed by atoms with Crippen LogP contribution >= 0.6 is 0 Å². The van der Waals surface area contributed by atoms with E-state index in [4.69, 9.17) is 9.47 Å². The molecule has 0 aliphatic carbocycles. The predicted octanol–water partition coefficient (Wildman–Crippen LogP) is 2.45. The zero-order chi connectivity index (χ0) is 15.3. The zero-order valence-corrected chi connectivity index (χ0v) is 12.4. The van der Waals surface area contributed by atoms with Crippen LogP contribution < -0.4 is 0 Å². The Morgan fingerprint density at radius 3 is 2.65 bits per heavy atom. The van der Waals surface area contributed by atoms with Gasteiger partial charge in [-0.05, 0) is 33.3 Å². The number of esters is 1. The second-order valence-electron chi connectivity index (χ2n) is 5.63. The van der Waals surface area contributed by atoms with Crippen LogP contribution in [0.15, 0.2) is 11.6 Å². The van der Waals surface area contributed by atoms with Crippen molar-refractivity contribution in [2.24, 2.45) is 0 Å². The van der Waals surface area contributed by atoms with Gasteiger partial charge in [0.15, 0.2) is 0 Å². The third kappa shape index (κ3) is 5.19. The van der Waals surface area contributed by atoms with Crippen LogP contribution in [0.2, 0.25) is 0 Å². The highest BCUT2D eigenvalue weighted by molar-refractivity contribution is 5.83. The molecule has 1 fully saturated rings. The lowest BCUT2D eigenvalue weighted by Gasteiger charge is -2.32. The predicted molar refractivity (Wildman–Crippen MR) is 72.0 cm³/mol. The van der Waals surface area contributed by atoms with Gasteiger partial charge in [0.2, 0.25) is 0 Å². The molecule has 114 valence electrons. The summed E-state index contributed by atoms with van der Waals surface area (Å²) in [6.07, 6.45) is -0.438. The maximum absolute atomic E-state index is 13.8. The van der Waals surface area contributed by atoms with Crippen LogP contribution in [0.25, 0.3) is 0 Å². The Morgan fingerprint density at radius 1 is 1.45 bits per heavy atom. The SMILES string of the molecule is CCOC(=O)/C=C1/CN(C(=O)OC(C)(C)C)CCC1F. The summed E-state index contributed by atoms with van der Waals surface area (Å²) in [5.74, 6) is -0.587. The van der Waals surface area contributed by atoms with Crippen LogP contribution in [0.3, 0.4) is 0 Å². The molecule has 1 amide bonds. The number of ether oxygens (including phenoxy) is 2. The van der Waals surface area contributed by atoms with Crippen LogP contribution in [0, 0.1) is 0 Å². The van der Waals surface area contributed by atoms with E-state index >= 15 is 0 Å². The molecular formula is C14H22FNO4. The fourth-order valence-corrected chi connectivity index (χ4v) is 1.81. The van der Waals surface area contributed by atoms with Crippen molar-refractivity contribution < 1.29 is 23.5 Å². The number of likely N-dealkylation sites (tertiary alicyclic amines) is 1. The van der Waals surface area contributed by atoms with Crippen LogP contribution in [0.5, 0.6) is 0 Å². The molecule has 0 spiro atoms. The van der Waals surface area contributed by atoms with Crippen LogP contribution in [-0.4, -0.2) is 48.4 Å². The second-order valence-corrected chi connectivity index (χ2v) is 5.63. The molecule has 20 heavy (non-hydrogen) atoms. The summed E-state index contributed by atoms with van der Waals surface area (Å²) in [5, 5.41) is 0. The number of nitrogens with zero attached hydrogens (tertiary/aromatic N) is 1. The summed E-state index contributed by atoms with van der Waals surface area (Å²) in [6, 6.07) is 0. The Labute approximate surface area is 118 Å². The molecule has 0 bridgehead atoms. The van der Waals surface area contributed by atoms with Crippen molar-refractivity contribution >= 4 is 12.1 Å². The molecule has 6 heteroatoms. The van der Waals surface area contributed by atoms with Gasteiger partial charge in [-0.2, -0.15) is 0 Å². The minimum absolute atomic E-state index is 0.0505. The average Bonchev–Trinajstić information content (AvgIpc) is 2.30. The van der Waals surface area contributed by atoms with Crippen molar-refractivity contribution in [3.05, 3.63) is 11.6 Å². The summed E-state index contributed by atoms with van der Waals surface area (Å²) in [5.41, 5.74) is -0.352. The first-order chi connectivity index (χ1) is 9.23. The normalized spacial score (nSPS) is 21.8. The highest BCUT2D eigenvalue weighted by Gasteiger charge is 2.30. The van der Waals surface area contributed by atoms with E-state index in [2.05, 4.69) is 0 Å². The maximum Gasteiger partial charge on any atom is 0.410 e. The molecule has 1 aliphatic heterocycles. The van der Waals surface area contributed by atoms with E-state index in [0.29, 0.717) is 0 Å². The second kappa shape index (κ2) is 6.72. The van der Waals surface area contributed by atoms with Gasteiger partial charge in [0, 0.05) is 25.6 Å². The number of rotatable bonds is 2. The van der Waals surface area contributed by atoms with Crippen molar-refractivity contribution in [2.75, 3.05) is 19.7 Å². The minimum Gasteiger partial charge on any atom is -0.463 e. The van der Waals surface area contributed by atoms with Crippen LogP contribution in [0.1, 0.15) is 34.1 Å². The third-order valence-corrected chi connectivity index (χ3v) is 2.67. The Hall–Kier alpha value is -1.59. The quantitative estimate of drug-likeness (QED) is 0.578. The standard InChI is InChI=1S/C14H22FNO4/c1-5-19-12(17)8-10-9-16(7-6-11(10)15)13(18)20-14(2,3)4/h8,11H,5-7,9H2,1-4H3/b10-8-. The molecule has 0 radical (unpaired) electrons. The van der Waals surface area contributed by atoms with Crippen LogP contribution in [0.4, 0.5) is 9.18 Å². The fraction of sp³-hybridized carbons (Fsp3) is 0.714. The first kappa shape index (κ1) is 16.5. The van der Waals surface area contributed by atoms with E-state index in [-0.39, 0.29) is 31.7 Å². The molecular weight excluding hydrogens is 265 g/mol. The molecule has 1 aliphatic rings. The van der Waals surface area contributed by atoms with Gasteiger partial charge >= 0.3 is 12.1 Å². The topological polar surface area (TPSA) is 55.8 Å². The number of hydrogen-bond donors (Lipinski definition) is 0. The Morgan fingerprint density at radius 2 is 2.10 bits per heavy atom. The number of carbonyl (C=O) groups excluding carboxylic acids is 2. The number of carbonyl (C=O) groups is 2. The number of hydrogen-bond acceptors (Lipinski definition) is 4. The summed E-state index contributed by atoms with van der Waals surface area (Å²) in [4.78, 5) is 24.7. The van der Waals surface area contributed by atoms with Gasteiger partial charge in [0.1, 0.15) is 11.8 Å². The van der Waals surface area contributed by atoms with Gasteiger partial charge in [0.05, 0.1) is 6.61 Å². The first-order valence-corrected chi connectivity index (χ1v) is 6.72. The van der Waals surface area contributed by atoms with E-state index in [0.717, 1.165) is 6.08 Å². The van der Waals surface area contributed by atoms with Crippen molar-refractivity contribution in [1.82, 2.24) is 4.90 Å². The van der Waals surface area contributed by atoms with Crippen LogP contribution in [-0.2, 0) is 14.3 Å². The molecule has 1 atom stereocenters. The maximum atomic E-state index is 13.8. The summed E-state index contributed by atoms with van der Waals surface area (Å²) >= 11 is 0. The van der Waals surface area contributed by atoms with E-state index < -0.39 is 23.8 Å². The highest BCUT2D eigenvalue weighted by atomic mass is 19.1. The third-order valence-electron chi connectivity index (χ3n) is 2.67. The van der Waals surface area contributed by atoms with E-state index in [1.807, 2.05) is 0 Å². The minimum atomic E-state index is -1.22. The smallest absolute Gasteiger partial charge is 0.410 e. The van der Waals surface area contributed by atoms with Gasteiger partial charge in [-0.1, -0.05) is 0 Å². The number of piperidine rings is 1. The van der Waals surface area contributed by atoms with Crippen molar-refractivity contribution in [3.63, 3.8) is 0 Å². The molecule has 1 heterocycles. The van der Waals surface area contributed by atoms with Gasteiger partial charge in [-0.3, -0.25) is 0 Å². The van der Waals surface area contributed by atoms with E-state index in [1.54, 1.807) is 27.7 Å².